The maximum atomic E-state index is 5.95. The quantitative estimate of drug-likeness (QED) is 0.919. The maximum Gasteiger partial charge on any atom is 0.222 e. The van der Waals surface area contributed by atoms with Crippen LogP contribution in [0.15, 0.2) is 30.5 Å². The predicted octanol–water partition coefficient (Wildman–Crippen LogP) is 3.60. The molecule has 0 saturated heterocycles. The second-order valence-electron chi connectivity index (χ2n) is 4.18. The van der Waals surface area contributed by atoms with E-state index in [4.69, 9.17) is 22.1 Å². The molecule has 0 aliphatic heterocycles. The fraction of sp³-hybridized carbons (Fsp3) is 0.214. The number of nitrogens with two attached hydrogens (primary N) is 1. The number of rotatable bonds is 3. The topological polar surface area (TPSA) is 48.1 Å². The van der Waals surface area contributed by atoms with Crippen LogP contribution in [-0.4, -0.2) is 4.98 Å². The Kier molecular flexibility index (Phi) is 3.84. The van der Waals surface area contributed by atoms with Gasteiger partial charge in [-0.05, 0) is 43.2 Å². The van der Waals surface area contributed by atoms with Crippen molar-refractivity contribution >= 4 is 11.6 Å². The molecule has 0 spiro atoms. The van der Waals surface area contributed by atoms with Crippen molar-refractivity contribution in [2.45, 2.75) is 20.4 Å². The van der Waals surface area contributed by atoms with E-state index in [1.165, 1.54) is 0 Å². The maximum absolute atomic E-state index is 5.95. The zero-order valence-electron chi connectivity index (χ0n) is 10.4. The van der Waals surface area contributed by atoms with E-state index in [-0.39, 0.29) is 0 Å². The Morgan fingerprint density at radius 2 is 2.00 bits per heavy atom. The average molecular weight is 263 g/mol. The molecule has 2 rings (SSSR count). The van der Waals surface area contributed by atoms with Crippen molar-refractivity contribution < 1.29 is 4.74 Å². The van der Waals surface area contributed by atoms with E-state index in [9.17, 15) is 0 Å². The van der Waals surface area contributed by atoms with E-state index < -0.39 is 0 Å². The largest absolute Gasteiger partial charge is 0.438 e. The molecule has 0 unspecified atom stereocenters. The Morgan fingerprint density at radius 3 is 2.67 bits per heavy atom. The molecule has 3 nitrogen and oxygen atoms in total. The first-order chi connectivity index (χ1) is 8.60. The summed E-state index contributed by atoms with van der Waals surface area (Å²) in [5.41, 5.74) is 8.53. The van der Waals surface area contributed by atoms with E-state index in [1.54, 1.807) is 12.3 Å². The van der Waals surface area contributed by atoms with E-state index in [2.05, 4.69) is 4.98 Å². The lowest BCUT2D eigenvalue weighted by Crippen LogP contribution is -1.99. The van der Waals surface area contributed by atoms with Crippen molar-refractivity contribution in [1.82, 2.24) is 4.98 Å². The molecule has 0 amide bonds. The van der Waals surface area contributed by atoms with Gasteiger partial charge in [0.2, 0.25) is 5.88 Å². The van der Waals surface area contributed by atoms with E-state index in [0.29, 0.717) is 17.4 Å². The van der Waals surface area contributed by atoms with E-state index >= 15 is 0 Å². The molecule has 0 fully saturated rings. The van der Waals surface area contributed by atoms with Crippen LogP contribution in [0.1, 0.15) is 16.7 Å². The molecule has 0 atom stereocenters. The SMILES string of the molecule is Cc1ccc(Cl)cc1Oc1ncc(CN)cc1C. The van der Waals surface area contributed by atoms with Gasteiger partial charge in [0.15, 0.2) is 0 Å². The fourth-order valence-corrected chi connectivity index (χ4v) is 1.79. The Labute approximate surface area is 112 Å². The molecular weight excluding hydrogens is 248 g/mol. The molecular formula is C14H15ClN2O. The lowest BCUT2D eigenvalue weighted by Gasteiger charge is -2.11. The average Bonchev–Trinajstić information content (AvgIpc) is 2.36. The second kappa shape index (κ2) is 5.38. The predicted molar refractivity (Wildman–Crippen MR) is 73.1 cm³/mol. The molecule has 18 heavy (non-hydrogen) atoms. The molecule has 4 heteroatoms. The molecule has 0 radical (unpaired) electrons. The first-order valence-electron chi connectivity index (χ1n) is 5.69. The molecule has 94 valence electrons. The molecule has 0 bridgehead atoms. The standard InChI is InChI=1S/C14H15ClN2O/c1-9-3-4-12(15)6-13(9)18-14-10(2)5-11(7-16)8-17-14/h3-6,8H,7,16H2,1-2H3. The minimum atomic E-state index is 0.477. The summed E-state index contributed by atoms with van der Waals surface area (Å²) in [7, 11) is 0. The van der Waals surface area contributed by atoms with Crippen molar-refractivity contribution in [3.8, 4) is 11.6 Å². The number of aryl methyl sites for hydroxylation is 2. The number of pyridine rings is 1. The number of benzene rings is 1. The van der Waals surface area contributed by atoms with Gasteiger partial charge in [0.1, 0.15) is 5.75 Å². The van der Waals surface area contributed by atoms with Gasteiger partial charge in [0, 0.05) is 23.3 Å². The molecule has 1 aromatic heterocycles. The van der Waals surface area contributed by atoms with Crippen LogP contribution in [-0.2, 0) is 6.54 Å². The Hall–Kier alpha value is -1.58. The van der Waals surface area contributed by atoms with Crippen LogP contribution < -0.4 is 10.5 Å². The summed E-state index contributed by atoms with van der Waals surface area (Å²) < 4.78 is 5.78. The number of halogens is 1. The second-order valence-corrected chi connectivity index (χ2v) is 4.62. The van der Waals surface area contributed by atoms with Gasteiger partial charge >= 0.3 is 0 Å². The highest BCUT2D eigenvalue weighted by atomic mass is 35.5. The Bertz CT molecular complexity index is 570. The number of ether oxygens (including phenoxy) is 1. The third kappa shape index (κ3) is 2.81. The minimum Gasteiger partial charge on any atom is -0.438 e. The van der Waals surface area contributed by atoms with Gasteiger partial charge in [0.05, 0.1) is 0 Å². The zero-order valence-corrected chi connectivity index (χ0v) is 11.2. The Balaban J connectivity index is 2.31. The summed E-state index contributed by atoms with van der Waals surface area (Å²) >= 11 is 5.95. The molecule has 2 N–H and O–H groups in total. The highest BCUT2D eigenvalue weighted by molar-refractivity contribution is 6.30. The fourth-order valence-electron chi connectivity index (χ4n) is 1.63. The summed E-state index contributed by atoms with van der Waals surface area (Å²) in [4.78, 5) is 4.27. The summed E-state index contributed by atoms with van der Waals surface area (Å²) in [6, 6.07) is 7.51. The summed E-state index contributed by atoms with van der Waals surface area (Å²) in [6.45, 7) is 4.39. The highest BCUT2D eigenvalue weighted by Crippen LogP contribution is 2.28. The molecule has 1 heterocycles. The van der Waals surface area contributed by atoms with Crippen LogP contribution in [0.3, 0.4) is 0 Å². The number of nitrogens with zero attached hydrogens (tertiary/aromatic N) is 1. The number of hydrogen-bond acceptors (Lipinski definition) is 3. The van der Waals surface area contributed by atoms with Gasteiger partial charge in [-0.3, -0.25) is 0 Å². The van der Waals surface area contributed by atoms with Crippen molar-refractivity contribution in [1.29, 1.82) is 0 Å². The third-order valence-electron chi connectivity index (χ3n) is 2.68. The number of aromatic nitrogens is 1. The summed E-state index contributed by atoms with van der Waals surface area (Å²) in [6.07, 6.45) is 1.72. The van der Waals surface area contributed by atoms with Crippen molar-refractivity contribution in [2.24, 2.45) is 5.73 Å². The smallest absolute Gasteiger partial charge is 0.222 e. The van der Waals surface area contributed by atoms with Crippen LogP contribution in [0.25, 0.3) is 0 Å². The van der Waals surface area contributed by atoms with Gasteiger partial charge in [-0.25, -0.2) is 4.98 Å². The number of hydrogen-bond donors (Lipinski definition) is 1. The highest BCUT2D eigenvalue weighted by Gasteiger charge is 2.07. The van der Waals surface area contributed by atoms with Crippen molar-refractivity contribution in [3.05, 3.63) is 52.2 Å². The monoisotopic (exact) mass is 262 g/mol. The normalized spacial score (nSPS) is 10.4. The third-order valence-corrected chi connectivity index (χ3v) is 2.91. The Morgan fingerprint density at radius 1 is 1.22 bits per heavy atom. The van der Waals surface area contributed by atoms with Crippen molar-refractivity contribution in [3.63, 3.8) is 0 Å². The first kappa shape index (κ1) is 12.9. The van der Waals surface area contributed by atoms with Gasteiger partial charge in [-0.2, -0.15) is 0 Å². The van der Waals surface area contributed by atoms with Crippen LogP contribution in [0.5, 0.6) is 11.6 Å². The lowest BCUT2D eigenvalue weighted by molar-refractivity contribution is 0.455. The van der Waals surface area contributed by atoms with Crippen LogP contribution >= 0.6 is 11.6 Å². The first-order valence-corrected chi connectivity index (χ1v) is 6.07. The molecule has 2 aromatic rings. The van der Waals surface area contributed by atoms with E-state index in [1.807, 2.05) is 32.0 Å². The van der Waals surface area contributed by atoms with Crippen molar-refractivity contribution in [2.75, 3.05) is 0 Å². The van der Waals surface area contributed by atoms with Crippen LogP contribution in [0.4, 0.5) is 0 Å². The summed E-state index contributed by atoms with van der Waals surface area (Å²) in [5, 5.41) is 0.645. The zero-order chi connectivity index (χ0) is 13.1. The molecule has 0 aliphatic rings. The van der Waals surface area contributed by atoms with E-state index in [0.717, 1.165) is 22.4 Å². The summed E-state index contributed by atoms with van der Waals surface area (Å²) in [5.74, 6) is 1.30. The van der Waals surface area contributed by atoms with Crippen LogP contribution in [0.2, 0.25) is 5.02 Å². The van der Waals surface area contributed by atoms with Gasteiger partial charge in [0.25, 0.3) is 0 Å². The van der Waals surface area contributed by atoms with Gasteiger partial charge in [-0.1, -0.05) is 17.7 Å². The molecule has 0 saturated carbocycles. The van der Waals surface area contributed by atoms with Gasteiger partial charge < -0.3 is 10.5 Å². The lowest BCUT2D eigenvalue weighted by atomic mass is 10.2. The molecule has 1 aromatic carbocycles. The molecule has 0 aliphatic carbocycles. The van der Waals surface area contributed by atoms with Crippen LogP contribution in [0, 0.1) is 13.8 Å². The van der Waals surface area contributed by atoms with Gasteiger partial charge in [-0.15, -0.1) is 0 Å². The minimum absolute atomic E-state index is 0.477.